The highest BCUT2D eigenvalue weighted by atomic mass is 14.2. The molecule has 3 aromatic carbocycles. The molecule has 0 aromatic heterocycles. The van der Waals surface area contributed by atoms with Gasteiger partial charge in [-0.05, 0) is 41.3 Å². The third-order valence-electron chi connectivity index (χ3n) is 3.62. The molecule has 0 heterocycles. The zero-order valence-electron chi connectivity index (χ0n) is 13.9. The molecule has 0 unspecified atom stereocenters. The van der Waals surface area contributed by atoms with Crippen molar-refractivity contribution in [2.24, 2.45) is 0 Å². The Bertz CT molecular complexity index is 773. The van der Waals surface area contributed by atoms with Crippen LogP contribution in [0.3, 0.4) is 0 Å². The Kier molecular flexibility index (Phi) is 5.72. The molecule has 0 radical (unpaired) electrons. The summed E-state index contributed by atoms with van der Waals surface area (Å²) in [7, 11) is 0. The van der Waals surface area contributed by atoms with Gasteiger partial charge in [-0.15, -0.1) is 0 Å². The highest BCUT2D eigenvalue weighted by Gasteiger charge is 2.00. The van der Waals surface area contributed by atoms with E-state index < -0.39 is 0 Å². The first-order valence-electron chi connectivity index (χ1n) is 7.94. The molecule has 0 amide bonds. The van der Waals surface area contributed by atoms with E-state index in [1.54, 1.807) is 0 Å². The fraction of sp³-hybridized carbons (Fsp3) is 0.136. The van der Waals surface area contributed by atoms with Crippen LogP contribution in [0.1, 0.15) is 25.0 Å². The van der Waals surface area contributed by atoms with Crippen LogP contribution < -0.4 is 0 Å². The summed E-state index contributed by atoms with van der Waals surface area (Å²) in [6.07, 6.45) is 0. The van der Waals surface area contributed by atoms with Crippen LogP contribution in [0, 0.1) is 18.3 Å². The largest absolute Gasteiger partial charge is 0.192 e. The minimum atomic E-state index is 0.690. The second kappa shape index (κ2) is 7.96. The van der Waals surface area contributed by atoms with E-state index in [0.717, 1.165) is 11.1 Å². The predicted molar refractivity (Wildman–Crippen MR) is 98.1 cm³/mol. The fourth-order valence-electron chi connectivity index (χ4n) is 2.34. The van der Waals surface area contributed by atoms with Crippen molar-refractivity contribution in [3.8, 4) is 28.3 Å². The molecule has 0 fully saturated rings. The number of nitrogens with zero attached hydrogens (tertiary/aromatic N) is 1. The summed E-state index contributed by atoms with van der Waals surface area (Å²) in [5.74, 6) is 0. The van der Waals surface area contributed by atoms with E-state index in [2.05, 4.69) is 61.5 Å². The molecule has 0 aliphatic rings. The molecule has 0 N–H and O–H groups in total. The van der Waals surface area contributed by atoms with Crippen molar-refractivity contribution in [1.29, 1.82) is 5.26 Å². The third-order valence-corrected chi connectivity index (χ3v) is 3.62. The Morgan fingerprint density at radius 1 is 0.565 bits per heavy atom. The first kappa shape index (κ1) is 16.5. The van der Waals surface area contributed by atoms with Gasteiger partial charge in [-0.3, -0.25) is 0 Å². The third kappa shape index (κ3) is 4.08. The number of benzene rings is 3. The molecule has 23 heavy (non-hydrogen) atoms. The van der Waals surface area contributed by atoms with Gasteiger partial charge in [0.15, 0.2) is 0 Å². The van der Waals surface area contributed by atoms with Crippen LogP contribution in [0.2, 0.25) is 0 Å². The quantitative estimate of drug-likeness (QED) is 0.550. The molecule has 1 heteroatoms. The van der Waals surface area contributed by atoms with Gasteiger partial charge < -0.3 is 0 Å². The second-order valence-electron chi connectivity index (χ2n) is 5.13. The van der Waals surface area contributed by atoms with Gasteiger partial charge in [0.2, 0.25) is 0 Å². The van der Waals surface area contributed by atoms with Crippen molar-refractivity contribution in [2.75, 3.05) is 0 Å². The lowest BCUT2D eigenvalue weighted by Gasteiger charge is -2.05. The van der Waals surface area contributed by atoms with E-state index in [9.17, 15) is 0 Å². The van der Waals surface area contributed by atoms with E-state index in [1.807, 2.05) is 38.1 Å². The molecule has 0 saturated carbocycles. The van der Waals surface area contributed by atoms with Crippen molar-refractivity contribution in [3.63, 3.8) is 0 Å². The summed E-state index contributed by atoms with van der Waals surface area (Å²) in [6, 6.07) is 26.9. The Balaban J connectivity index is 0.000000924. The Morgan fingerprint density at radius 2 is 0.870 bits per heavy atom. The van der Waals surface area contributed by atoms with Gasteiger partial charge in [0, 0.05) is 0 Å². The molecule has 0 atom stereocenters. The summed E-state index contributed by atoms with van der Waals surface area (Å²) in [6.45, 7) is 6.10. The van der Waals surface area contributed by atoms with Crippen molar-refractivity contribution in [2.45, 2.75) is 20.8 Å². The van der Waals surface area contributed by atoms with Crippen molar-refractivity contribution in [1.82, 2.24) is 0 Å². The first-order chi connectivity index (χ1) is 11.3. The van der Waals surface area contributed by atoms with Gasteiger partial charge in [0.25, 0.3) is 0 Å². The van der Waals surface area contributed by atoms with E-state index in [4.69, 9.17) is 5.26 Å². The van der Waals surface area contributed by atoms with Gasteiger partial charge in [0.1, 0.15) is 0 Å². The minimum Gasteiger partial charge on any atom is -0.192 e. The SMILES string of the molecule is CC.Cc1ccc(-c2ccc(-c3ccc(C#N)cc3)cc2)cc1. The van der Waals surface area contributed by atoms with Crippen molar-refractivity contribution < 1.29 is 0 Å². The summed E-state index contributed by atoms with van der Waals surface area (Å²) in [5, 5.41) is 8.83. The van der Waals surface area contributed by atoms with Crippen LogP contribution in [0.25, 0.3) is 22.3 Å². The summed E-state index contributed by atoms with van der Waals surface area (Å²) < 4.78 is 0. The Hall–Kier alpha value is -2.85. The van der Waals surface area contributed by atoms with Gasteiger partial charge in [-0.2, -0.15) is 5.26 Å². The normalized spacial score (nSPS) is 9.48. The van der Waals surface area contributed by atoms with Crippen LogP contribution in [0.4, 0.5) is 0 Å². The minimum absolute atomic E-state index is 0.690. The fourth-order valence-corrected chi connectivity index (χ4v) is 2.34. The maximum Gasteiger partial charge on any atom is 0.0991 e. The standard InChI is InChI=1S/C20H15N.C2H6/c1-15-2-6-17(7-3-15)19-10-12-20(13-11-19)18-8-4-16(14-21)5-9-18;1-2/h2-13H,1H3;1-2H3. The predicted octanol–water partition coefficient (Wildman–Crippen LogP) is 6.23. The number of hydrogen-bond acceptors (Lipinski definition) is 1. The zero-order valence-corrected chi connectivity index (χ0v) is 13.9. The van der Waals surface area contributed by atoms with Crippen LogP contribution in [-0.2, 0) is 0 Å². The Morgan fingerprint density at radius 3 is 1.22 bits per heavy atom. The summed E-state index contributed by atoms with van der Waals surface area (Å²) >= 11 is 0. The zero-order chi connectivity index (χ0) is 16.7. The van der Waals surface area contributed by atoms with Crippen molar-refractivity contribution >= 4 is 0 Å². The number of aryl methyl sites for hydroxylation is 1. The highest BCUT2D eigenvalue weighted by molar-refractivity contribution is 5.70. The lowest BCUT2D eigenvalue weighted by atomic mass is 9.99. The maximum absolute atomic E-state index is 8.83. The van der Waals surface area contributed by atoms with E-state index in [-0.39, 0.29) is 0 Å². The Labute approximate surface area is 138 Å². The number of rotatable bonds is 2. The second-order valence-corrected chi connectivity index (χ2v) is 5.13. The van der Waals surface area contributed by atoms with Crippen LogP contribution in [0.15, 0.2) is 72.8 Å². The summed E-state index contributed by atoms with van der Waals surface area (Å²) in [5.41, 5.74) is 6.70. The van der Waals surface area contributed by atoms with Gasteiger partial charge in [-0.25, -0.2) is 0 Å². The molecule has 0 aliphatic carbocycles. The van der Waals surface area contributed by atoms with Gasteiger partial charge >= 0.3 is 0 Å². The van der Waals surface area contributed by atoms with Crippen molar-refractivity contribution in [3.05, 3.63) is 83.9 Å². The van der Waals surface area contributed by atoms with E-state index >= 15 is 0 Å². The molecule has 3 aromatic rings. The average Bonchev–Trinajstić information content (AvgIpc) is 2.64. The van der Waals surface area contributed by atoms with E-state index in [0.29, 0.717) is 5.56 Å². The van der Waals surface area contributed by atoms with Gasteiger partial charge in [0.05, 0.1) is 11.6 Å². The molecule has 0 bridgehead atoms. The highest BCUT2D eigenvalue weighted by Crippen LogP contribution is 2.25. The van der Waals surface area contributed by atoms with Crippen LogP contribution in [-0.4, -0.2) is 0 Å². The van der Waals surface area contributed by atoms with Crippen LogP contribution >= 0.6 is 0 Å². The smallest absolute Gasteiger partial charge is 0.0991 e. The van der Waals surface area contributed by atoms with E-state index in [1.165, 1.54) is 16.7 Å². The van der Waals surface area contributed by atoms with Crippen LogP contribution in [0.5, 0.6) is 0 Å². The molecule has 0 saturated heterocycles. The molecule has 114 valence electrons. The molecular weight excluding hydrogens is 278 g/mol. The first-order valence-corrected chi connectivity index (χ1v) is 7.94. The lowest BCUT2D eigenvalue weighted by molar-refractivity contribution is 1.47. The number of nitriles is 1. The lowest BCUT2D eigenvalue weighted by Crippen LogP contribution is -1.81. The maximum atomic E-state index is 8.83. The molecule has 3 rings (SSSR count). The average molecular weight is 299 g/mol. The number of hydrogen-bond donors (Lipinski definition) is 0. The molecule has 0 aliphatic heterocycles. The topological polar surface area (TPSA) is 23.8 Å². The van der Waals surface area contributed by atoms with Gasteiger partial charge in [-0.1, -0.05) is 80.1 Å². The molecule has 1 nitrogen and oxygen atoms in total. The molecular formula is C22H21N. The summed E-state index contributed by atoms with van der Waals surface area (Å²) in [4.78, 5) is 0. The molecule has 0 spiro atoms. The monoisotopic (exact) mass is 299 g/mol.